The van der Waals surface area contributed by atoms with Gasteiger partial charge in [-0.15, -0.1) is 0 Å². The van der Waals surface area contributed by atoms with Crippen LogP contribution in [0.4, 0.5) is 0 Å². The van der Waals surface area contributed by atoms with Crippen LogP contribution >= 0.6 is 0 Å². The molecule has 42 heavy (non-hydrogen) atoms. The summed E-state index contributed by atoms with van der Waals surface area (Å²) in [4.78, 5) is 9.51. The van der Waals surface area contributed by atoms with E-state index >= 15 is 0 Å². The van der Waals surface area contributed by atoms with Gasteiger partial charge in [0.25, 0.3) is 0 Å². The van der Waals surface area contributed by atoms with E-state index in [0.29, 0.717) is 0 Å². The van der Waals surface area contributed by atoms with Gasteiger partial charge >= 0.3 is 0 Å². The maximum atomic E-state index is 6.10. The first kappa shape index (κ1) is 30.5. The lowest BCUT2D eigenvalue weighted by molar-refractivity contribution is 0.669. The van der Waals surface area contributed by atoms with E-state index in [0.717, 1.165) is 56.7 Å². The third kappa shape index (κ3) is 6.52. The SMILES string of the molecule is C/C=C\C.CC.CCC.Cc1nc(-c2ccc3c(c2)Cc2ccccc2-3)cc(-c2ccc3c(c2)oc2ccccc23)n1. The van der Waals surface area contributed by atoms with Crippen molar-refractivity contribution in [2.24, 2.45) is 0 Å². The first-order chi connectivity index (χ1) is 20.6. The molecule has 0 aliphatic heterocycles. The van der Waals surface area contributed by atoms with E-state index in [-0.39, 0.29) is 0 Å². The van der Waals surface area contributed by atoms with E-state index in [9.17, 15) is 0 Å². The van der Waals surface area contributed by atoms with Gasteiger partial charge in [-0.1, -0.05) is 107 Å². The number of benzene rings is 4. The summed E-state index contributed by atoms with van der Waals surface area (Å²) in [5, 5.41) is 2.26. The van der Waals surface area contributed by atoms with Gasteiger partial charge in [-0.3, -0.25) is 0 Å². The highest BCUT2D eigenvalue weighted by molar-refractivity contribution is 6.05. The molecule has 0 saturated heterocycles. The molecule has 0 atom stereocenters. The zero-order chi connectivity index (χ0) is 30.1. The summed E-state index contributed by atoms with van der Waals surface area (Å²) >= 11 is 0. The van der Waals surface area contributed by atoms with Crippen LogP contribution in [0.15, 0.2) is 108 Å². The van der Waals surface area contributed by atoms with Crippen LogP contribution in [0.25, 0.3) is 55.6 Å². The number of rotatable bonds is 2. The van der Waals surface area contributed by atoms with Gasteiger partial charge in [0, 0.05) is 21.9 Å². The molecule has 4 aromatic carbocycles. The van der Waals surface area contributed by atoms with Crippen molar-refractivity contribution in [1.82, 2.24) is 9.97 Å². The third-order valence-corrected chi connectivity index (χ3v) is 6.94. The van der Waals surface area contributed by atoms with Crippen molar-refractivity contribution in [2.45, 2.75) is 61.3 Å². The lowest BCUT2D eigenvalue weighted by Gasteiger charge is -2.09. The van der Waals surface area contributed by atoms with E-state index < -0.39 is 0 Å². The molecule has 0 N–H and O–H groups in total. The number of aryl methyl sites for hydroxylation is 1. The molecule has 0 bridgehead atoms. The molecule has 2 heterocycles. The number of allylic oxidation sites excluding steroid dienone is 2. The lowest BCUT2D eigenvalue weighted by atomic mass is 10.0. The van der Waals surface area contributed by atoms with Crippen molar-refractivity contribution in [3.8, 4) is 33.6 Å². The molecule has 214 valence electrons. The second-order valence-corrected chi connectivity index (χ2v) is 10.1. The zero-order valence-electron chi connectivity index (χ0n) is 26.0. The number of hydrogen-bond acceptors (Lipinski definition) is 3. The molecule has 2 aromatic heterocycles. The first-order valence-electron chi connectivity index (χ1n) is 15.1. The molecule has 0 spiro atoms. The predicted molar refractivity (Wildman–Crippen MR) is 181 cm³/mol. The molecule has 3 heteroatoms. The molecule has 0 unspecified atom stereocenters. The molecular formula is C39H42N2O. The first-order valence-corrected chi connectivity index (χ1v) is 15.1. The average molecular weight is 555 g/mol. The van der Waals surface area contributed by atoms with Crippen molar-refractivity contribution in [3.63, 3.8) is 0 Å². The second kappa shape index (κ2) is 14.4. The van der Waals surface area contributed by atoms with E-state index in [4.69, 9.17) is 14.4 Å². The summed E-state index contributed by atoms with van der Waals surface area (Å²) in [5.41, 5.74) is 11.2. The molecule has 6 aromatic rings. The average Bonchev–Trinajstić information content (AvgIpc) is 3.59. The van der Waals surface area contributed by atoms with Crippen molar-refractivity contribution in [3.05, 3.63) is 120 Å². The Kier molecular flexibility index (Phi) is 10.4. The summed E-state index contributed by atoms with van der Waals surface area (Å²) in [6.45, 7) is 14.2. The standard InChI is InChI=1S/C30H20N2O.C4H8.C3H8.C2H6/c1-18-31-27(20-10-12-24-22(15-20)14-19-6-2-3-7-23(19)24)17-28(32-18)21-11-13-26-25-8-4-5-9-29(25)33-30(26)16-21;1-3-4-2;1-3-2;1-2/h2-13,15-17H,14H2,1H3;3-4H,1-2H3;3H2,1-2H3;1-2H3/b;4-3-;;. The highest BCUT2D eigenvalue weighted by Gasteiger charge is 2.19. The summed E-state index contributed by atoms with van der Waals surface area (Å²) in [6, 6.07) is 31.9. The number of furan rings is 1. The van der Waals surface area contributed by atoms with Gasteiger partial charge in [0.05, 0.1) is 11.4 Å². The van der Waals surface area contributed by atoms with Crippen molar-refractivity contribution < 1.29 is 4.42 Å². The number of fused-ring (bicyclic) bond motifs is 6. The van der Waals surface area contributed by atoms with E-state index in [2.05, 4.69) is 86.6 Å². The molecule has 1 aliphatic carbocycles. The van der Waals surface area contributed by atoms with Crippen LogP contribution in [0.1, 0.15) is 64.9 Å². The predicted octanol–water partition coefficient (Wildman–Crippen LogP) is 11.6. The fourth-order valence-corrected chi connectivity index (χ4v) is 5.05. The van der Waals surface area contributed by atoms with Gasteiger partial charge in [-0.2, -0.15) is 0 Å². The molecule has 0 saturated carbocycles. The normalized spacial score (nSPS) is 11.1. The van der Waals surface area contributed by atoms with Gasteiger partial charge in [-0.05, 0) is 79.8 Å². The Bertz CT molecular complexity index is 1810. The second-order valence-electron chi connectivity index (χ2n) is 10.1. The van der Waals surface area contributed by atoms with Gasteiger partial charge < -0.3 is 4.42 Å². The highest BCUT2D eigenvalue weighted by Crippen LogP contribution is 2.39. The Morgan fingerprint density at radius 1 is 0.643 bits per heavy atom. The minimum absolute atomic E-state index is 0.760. The quantitative estimate of drug-likeness (QED) is 0.199. The van der Waals surface area contributed by atoms with Crippen LogP contribution in [0.2, 0.25) is 0 Å². The van der Waals surface area contributed by atoms with Gasteiger partial charge in [0.2, 0.25) is 0 Å². The minimum atomic E-state index is 0.760. The van der Waals surface area contributed by atoms with Gasteiger partial charge in [-0.25, -0.2) is 9.97 Å². The molecule has 3 nitrogen and oxygen atoms in total. The van der Waals surface area contributed by atoms with Gasteiger partial charge in [0.1, 0.15) is 17.0 Å². The van der Waals surface area contributed by atoms with Crippen LogP contribution < -0.4 is 0 Å². The molecule has 7 rings (SSSR count). The maximum Gasteiger partial charge on any atom is 0.136 e. The number of aromatic nitrogens is 2. The highest BCUT2D eigenvalue weighted by atomic mass is 16.3. The monoisotopic (exact) mass is 554 g/mol. The Morgan fingerprint density at radius 3 is 1.93 bits per heavy atom. The Hall–Kier alpha value is -4.50. The fourth-order valence-electron chi connectivity index (χ4n) is 5.05. The third-order valence-electron chi connectivity index (χ3n) is 6.94. The molecule has 0 radical (unpaired) electrons. The van der Waals surface area contributed by atoms with Crippen LogP contribution in [-0.2, 0) is 6.42 Å². The molecule has 1 aliphatic rings. The van der Waals surface area contributed by atoms with Crippen LogP contribution in [0.5, 0.6) is 0 Å². The summed E-state index contributed by atoms with van der Waals surface area (Å²) in [6.07, 6.45) is 6.22. The Balaban J connectivity index is 0.000000404. The van der Waals surface area contributed by atoms with Crippen molar-refractivity contribution in [2.75, 3.05) is 0 Å². The molecule has 0 fully saturated rings. The van der Waals surface area contributed by atoms with Gasteiger partial charge in [0.15, 0.2) is 0 Å². The van der Waals surface area contributed by atoms with Crippen LogP contribution in [-0.4, -0.2) is 9.97 Å². The van der Waals surface area contributed by atoms with E-state index in [1.165, 1.54) is 28.7 Å². The number of nitrogens with zero attached hydrogens (tertiary/aromatic N) is 2. The number of para-hydroxylation sites is 1. The smallest absolute Gasteiger partial charge is 0.136 e. The lowest BCUT2D eigenvalue weighted by Crippen LogP contribution is -1.95. The number of hydrogen-bond donors (Lipinski definition) is 0. The van der Waals surface area contributed by atoms with E-state index in [1.54, 1.807) is 0 Å². The minimum Gasteiger partial charge on any atom is -0.456 e. The van der Waals surface area contributed by atoms with Crippen LogP contribution in [0, 0.1) is 6.92 Å². The molecule has 0 amide bonds. The topological polar surface area (TPSA) is 38.9 Å². The fraction of sp³-hybridized carbons (Fsp3) is 0.231. The molecular weight excluding hydrogens is 512 g/mol. The Morgan fingerprint density at radius 2 is 1.21 bits per heavy atom. The van der Waals surface area contributed by atoms with Crippen molar-refractivity contribution >= 4 is 21.9 Å². The van der Waals surface area contributed by atoms with Crippen LogP contribution in [0.3, 0.4) is 0 Å². The summed E-state index contributed by atoms with van der Waals surface area (Å²) in [5.74, 6) is 0.760. The zero-order valence-corrected chi connectivity index (χ0v) is 26.0. The maximum absolute atomic E-state index is 6.10. The largest absolute Gasteiger partial charge is 0.456 e. The summed E-state index contributed by atoms with van der Waals surface area (Å²) in [7, 11) is 0. The summed E-state index contributed by atoms with van der Waals surface area (Å²) < 4.78 is 6.10. The Labute approximate surface area is 251 Å². The van der Waals surface area contributed by atoms with E-state index in [1.807, 2.05) is 65.0 Å². The van der Waals surface area contributed by atoms with Crippen molar-refractivity contribution in [1.29, 1.82) is 0 Å².